The molecule has 4 aromatic rings. The molecule has 34 heavy (non-hydrogen) atoms. The lowest BCUT2D eigenvalue weighted by atomic mass is 10.0. The molecular weight excluding hydrogens is 426 g/mol. The van der Waals surface area contributed by atoms with Crippen molar-refractivity contribution in [2.75, 3.05) is 19.7 Å². The zero-order chi connectivity index (χ0) is 23.7. The largest absolute Gasteiger partial charge is 0.388 e. The molecule has 2 atom stereocenters. The molecular formula is C28H29N3O3. The van der Waals surface area contributed by atoms with Crippen LogP contribution in [0.5, 0.6) is 0 Å². The lowest BCUT2D eigenvalue weighted by molar-refractivity contribution is -0.0704. The highest BCUT2D eigenvalue weighted by atomic mass is 16.5. The van der Waals surface area contributed by atoms with Crippen LogP contribution in [0.1, 0.15) is 29.8 Å². The molecule has 6 heteroatoms. The van der Waals surface area contributed by atoms with E-state index >= 15 is 0 Å². The summed E-state index contributed by atoms with van der Waals surface area (Å²) in [7, 11) is 0. The summed E-state index contributed by atoms with van der Waals surface area (Å²) < 4.78 is 5.84. The number of aromatic amines is 1. The van der Waals surface area contributed by atoms with Gasteiger partial charge in [0.2, 0.25) is 0 Å². The summed E-state index contributed by atoms with van der Waals surface area (Å²) in [5, 5.41) is 9.09. The standard InChI is InChI=1S/C28H29N3O3/c1-18-14-31(15-19(2)34-18)16-20-3-5-21(6-4-20)22-7-9-23(10-8-22)28-29-25-12-11-24(27(33)17-32)13-26(25)30-28/h3-13,18-19,32H,14-17H2,1-2H3,(H,29,30)/t18-,19+. The molecule has 0 amide bonds. The molecule has 0 saturated carbocycles. The van der Waals surface area contributed by atoms with Gasteiger partial charge in [0.25, 0.3) is 0 Å². The van der Waals surface area contributed by atoms with E-state index in [9.17, 15) is 4.79 Å². The van der Waals surface area contributed by atoms with Crippen molar-refractivity contribution >= 4 is 16.8 Å². The van der Waals surface area contributed by atoms with Gasteiger partial charge < -0.3 is 14.8 Å². The van der Waals surface area contributed by atoms with Crippen molar-refractivity contribution in [1.82, 2.24) is 14.9 Å². The van der Waals surface area contributed by atoms with Crippen LogP contribution in [0.15, 0.2) is 66.7 Å². The highest BCUT2D eigenvalue weighted by Crippen LogP contribution is 2.26. The second-order valence-corrected chi connectivity index (χ2v) is 9.12. The van der Waals surface area contributed by atoms with E-state index in [-0.39, 0.29) is 18.0 Å². The Labute approximate surface area is 199 Å². The number of hydrogen-bond acceptors (Lipinski definition) is 5. The molecule has 1 aliphatic rings. The number of aromatic nitrogens is 2. The first-order chi connectivity index (χ1) is 16.5. The molecule has 2 N–H and O–H groups in total. The number of H-pyrrole nitrogens is 1. The fourth-order valence-corrected chi connectivity index (χ4v) is 4.71. The highest BCUT2D eigenvalue weighted by Gasteiger charge is 2.22. The zero-order valence-electron chi connectivity index (χ0n) is 19.5. The molecule has 5 rings (SSSR count). The topological polar surface area (TPSA) is 78.5 Å². The summed E-state index contributed by atoms with van der Waals surface area (Å²) >= 11 is 0. The number of imidazole rings is 1. The number of morpholine rings is 1. The van der Waals surface area contributed by atoms with Crippen molar-refractivity contribution in [1.29, 1.82) is 0 Å². The average Bonchev–Trinajstić information content (AvgIpc) is 3.27. The fourth-order valence-electron chi connectivity index (χ4n) is 4.71. The number of Topliss-reactive ketones (excluding diaryl/α,β-unsaturated/α-hetero) is 1. The number of carbonyl (C=O) groups is 1. The van der Waals surface area contributed by atoms with E-state index in [4.69, 9.17) is 9.84 Å². The minimum absolute atomic E-state index is 0.276. The first kappa shape index (κ1) is 22.5. The van der Waals surface area contributed by atoms with E-state index in [2.05, 4.69) is 77.2 Å². The molecule has 6 nitrogen and oxygen atoms in total. The van der Waals surface area contributed by atoms with Crippen LogP contribution < -0.4 is 0 Å². The van der Waals surface area contributed by atoms with Gasteiger partial charge in [0.1, 0.15) is 12.4 Å². The summed E-state index contributed by atoms with van der Waals surface area (Å²) in [5.74, 6) is 0.446. The van der Waals surface area contributed by atoms with E-state index < -0.39 is 6.61 Å². The number of ketones is 1. The molecule has 3 aromatic carbocycles. The number of benzene rings is 3. The molecule has 0 unspecified atom stereocenters. The third-order valence-electron chi connectivity index (χ3n) is 6.29. The van der Waals surface area contributed by atoms with Gasteiger partial charge in [0, 0.05) is 30.8 Å². The smallest absolute Gasteiger partial charge is 0.188 e. The maximum Gasteiger partial charge on any atom is 0.188 e. The number of fused-ring (bicyclic) bond motifs is 1. The minimum atomic E-state index is -0.499. The molecule has 1 aromatic heterocycles. The number of nitrogens with one attached hydrogen (secondary N) is 1. The van der Waals surface area contributed by atoms with Crippen LogP contribution in [0.3, 0.4) is 0 Å². The van der Waals surface area contributed by atoms with Crippen molar-refractivity contribution < 1.29 is 14.6 Å². The molecule has 0 spiro atoms. The van der Waals surface area contributed by atoms with Crippen LogP contribution in [0.2, 0.25) is 0 Å². The third kappa shape index (κ3) is 4.80. The summed E-state index contributed by atoms with van der Waals surface area (Å²) in [6, 6.07) is 22.3. The number of aliphatic hydroxyl groups excluding tert-OH is 1. The number of aliphatic hydroxyl groups is 1. The van der Waals surface area contributed by atoms with Gasteiger partial charge in [0.05, 0.1) is 23.2 Å². The minimum Gasteiger partial charge on any atom is -0.388 e. The van der Waals surface area contributed by atoms with E-state index in [1.165, 1.54) is 11.1 Å². The lowest BCUT2D eigenvalue weighted by Gasteiger charge is -2.35. The Hall–Kier alpha value is -3.32. The van der Waals surface area contributed by atoms with Crippen molar-refractivity contribution in [2.45, 2.75) is 32.6 Å². The van der Waals surface area contributed by atoms with Crippen LogP contribution in [-0.4, -0.2) is 57.7 Å². The summed E-state index contributed by atoms with van der Waals surface area (Å²) in [6.07, 6.45) is 0.553. The predicted octanol–water partition coefficient (Wildman–Crippen LogP) is 4.68. The van der Waals surface area contributed by atoms with Gasteiger partial charge in [-0.15, -0.1) is 0 Å². The van der Waals surface area contributed by atoms with Gasteiger partial charge in [-0.25, -0.2) is 4.98 Å². The Bertz CT molecular complexity index is 1280. The number of carbonyl (C=O) groups excluding carboxylic acids is 1. The van der Waals surface area contributed by atoms with E-state index in [0.29, 0.717) is 5.56 Å². The van der Waals surface area contributed by atoms with Crippen LogP contribution in [0, 0.1) is 0 Å². The van der Waals surface area contributed by atoms with Gasteiger partial charge in [-0.05, 0) is 48.7 Å². The Kier molecular flexibility index (Phi) is 6.28. The summed E-state index contributed by atoms with van der Waals surface area (Å²) in [6.45, 7) is 6.64. The first-order valence-corrected chi connectivity index (χ1v) is 11.7. The number of rotatable bonds is 6. The second kappa shape index (κ2) is 9.50. The van der Waals surface area contributed by atoms with Gasteiger partial charge in [-0.1, -0.05) is 48.5 Å². The lowest BCUT2D eigenvalue weighted by Crippen LogP contribution is -2.44. The summed E-state index contributed by atoms with van der Waals surface area (Å²) in [5.41, 5.74) is 6.64. The Morgan fingerprint density at radius 1 is 0.971 bits per heavy atom. The number of nitrogens with zero attached hydrogens (tertiary/aromatic N) is 2. The van der Waals surface area contributed by atoms with Crippen LogP contribution in [-0.2, 0) is 11.3 Å². The maximum absolute atomic E-state index is 11.8. The molecule has 0 bridgehead atoms. The van der Waals surface area contributed by atoms with Gasteiger partial charge in [-0.2, -0.15) is 0 Å². The van der Waals surface area contributed by atoms with Crippen LogP contribution >= 0.6 is 0 Å². The van der Waals surface area contributed by atoms with Crippen molar-refractivity contribution in [3.8, 4) is 22.5 Å². The Morgan fingerprint density at radius 3 is 2.24 bits per heavy atom. The first-order valence-electron chi connectivity index (χ1n) is 11.7. The highest BCUT2D eigenvalue weighted by molar-refractivity contribution is 5.99. The Balaban J connectivity index is 1.30. The third-order valence-corrected chi connectivity index (χ3v) is 6.29. The molecule has 2 heterocycles. The molecule has 174 valence electrons. The molecule has 0 aliphatic carbocycles. The average molecular weight is 456 g/mol. The predicted molar refractivity (Wildman–Crippen MR) is 134 cm³/mol. The molecule has 1 aliphatic heterocycles. The van der Waals surface area contributed by atoms with Crippen molar-refractivity contribution in [3.63, 3.8) is 0 Å². The summed E-state index contributed by atoms with van der Waals surface area (Å²) in [4.78, 5) is 22.1. The zero-order valence-corrected chi connectivity index (χ0v) is 19.5. The van der Waals surface area contributed by atoms with E-state index in [1.807, 2.05) is 0 Å². The fraction of sp³-hybridized carbons (Fsp3) is 0.286. The second-order valence-electron chi connectivity index (χ2n) is 9.12. The number of hydrogen-bond donors (Lipinski definition) is 2. The monoisotopic (exact) mass is 455 g/mol. The number of ether oxygens (including phenoxy) is 1. The Morgan fingerprint density at radius 2 is 1.59 bits per heavy atom. The SMILES string of the molecule is C[C@@H]1CN(Cc2ccc(-c3ccc(-c4nc5ccc(C(=O)CO)cc5[nH]4)cc3)cc2)C[C@H](C)O1. The van der Waals surface area contributed by atoms with Crippen molar-refractivity contribution in [3.05, 3.63) is 77.9 Å². The van der Waals surface area contributed by atoms with Gasteiger partial charge >= 0.3 is 0 Å². The molecule has 0 radical (unpaired) electrons. The van der Waals surface area contributed by atoms with Crippen molar-refractivity contribution in [2.24, 2.45) is 0 Å². The van der Waals surface area contributed by atoms with Crippen LogP contribution in [0.25, 0.3) is 33.5 Å². The quantitative estimate of drug-likeness (QED) is 0.413. The molecule has 1 fully saturated rings. The maximum atomic E-state index is 11.8. The van der Waals surface area contributed by atoms with Gasteiger partial charge in [-0.3, -0.25) is 9.69 Å². The normalized spacial score (nSPS) is 18.9. The van der Waals surface area contributed by atoms with E-state index in [1.54, 1.807) is 18.2 Å². The van der Waals surface area contributed by atoms with Gasteiger partial charge in [0.15, 0.2) is 5.78 Å². The molecule has 1 saturated heterocycles. The van der Waals surface area contributed by atoms with Crippen LogP contribution in [0.4, 0.5) is 0 Å². The van der Waals surface area contributed by atoms with E-state index in [0.717, 1.165) is 47.6 Å².